The van der Waals surface area contributed by atoms with Crippen molar-refractivity contribution in [3.63, 3.8) is 0 Å². The number of fused-ring (bicyclic) bond motifs is 1. The van der Waals surface area contributed by atoms with E-state index in [9.17, 15) is 4.79 Å². The molecule has 0 N–H and O–H groups in total. The van der Waals surface area contributed by atoms with Crippen LogP contribution in [0.25, 0.3) is 22.0 Å². The molecule has 0 radical (unpaired) electrons. The highest BCUT2D eigenvalue weighted by Crippen LogP contribution is 2.24. The summed E-state index contributed by atoms with van der Waals surface area (Å²) in [5, 5.41) is 11.9. The number of piperazine rings is 1. The molecule has 5 nitrogen and oxygen atoms in total. The first-order valence-electron chi connectivity index (χ1n) is 10.3. The van der Waals surface area contributed by atoms with Crippen LogP contribution in [0.4, 0.5) is 5.82 Å². The van der Waals surface area contributed by atoms with Gasteiger partial charge in [-0.15, -0.1) is 10.2 Å². The SMILES string of the molecule is O=C(c1cccc(Cl)c1)N1CCN(c2ccc(-c3ccc4ccccc4c3)nn2)CC1. The van der Waals surface area contributed by atoms with Gasteiger partial charge < -0.3 is 9.80 Å². The third-order valence-electron chi connectivity index (χ3n) is 5.66. The van der Waals surface area contributed by atoms with Crippen molar-refractivity contribution in [1.82, 2.24) is 15.1 Å². The molecule has 0 spiro atoms. The second-order valence-corrected chi connectivity index (χ2v) is 8.06. The number of carbonyl (C=O) groups is 1. The largest absolute Gasteiger partial charge is 0.352 e. The first-order chi connectivity index (χ1) is 15.2. The maximum atomic E-state index is 12.7. The Bertz CT molecular complexity index is 1230. The highest BCUT2D eigenvalue weighted by atomic mass is 35.5. The Balaban J connectivity index is 1.26. The van der Waals surface area contributed by atoms with Crippen LogP contribution in [-0.4, -0.2) is 47.2 Å². The van der Waals surface area contributed by atoms with Gasteiger partial charge in [0, 0.05) is 42.3 Å². The predicted octanol–water partition coefficient (Wildman–Crippen LogP) is 4.91. The lowest BCUT2D eigenvalue weighted by Gasteiger charge is -2.35. The van der Waals surface area contributed by atoms with Crippen molar-refractivity contribution in [2.45, 2.75) is 0 Å². The molecule has 6 heteroatoms. The Morgan fingerprint density at radius 1 is 0.774 bits per heavy atom. The Morgan fingerprint density at radius 2 is 1.58 bits per heavy atom. The lowest BCUT2D eigenvalue weighted by atomic mass is 10.1. The Morgan fingerprint density at radius 3 is 2.32 bits per heavy atom. The van der Waals surface area contributed by atoms with E-state index in [4.69, 9.17) is 11.6 Å². The fourth-order valence-electron chi connectivity index (χ4n) is 3.94. The maximum absolute atomic E-state index is 12.7. The van der Waals surface area contributed by atoms with Crippen molar-refractivity contribution >= 4 is 34.1 Å². The van der Waals surface area contributed by atoms with Crippen molar-refractivity contribution in [2.75, 3.05) is 31.1 Å². The van der Waals surface area contributed by atoms with Crippen molar-refractivity contribution in [1.29, 1.82) is 0 Å². The summed E-state index contributed by atoms with van der Waals surface area (Å²) in [5.74, 6) is 0.847. The normalized spacial score (nSPS) is 14.1. The second kappa shape index (κ2) is 8.36. The Kier molecular flexibility index (Phi) is 5.26. The van der Waals surface area contributed by atoms with E-state index in [1.165, 1.54) is 10.8 Å². The van der Waals surface area contributed by atoms with E-state index in [-0.39, 0.29) is 5.91 Å². The van der Waals surface area contributed by atoms with Crippen LogP contribution in [0, 0.1) is 0 Å². The zero-order valence-electron chi connectivity index (χ0n) is 16.9. The number of hydrogen-bond donors (Lipinski definition) is 0. The number of nitrogens with zero attached hydrogens (tertiary/aromatic N) is 4. The van der Waals surface area contributed by atoms with Crippen molar-refractivity contribution < 1.29 is 4.79 Å². The summed E-state index contributed by atoms with van der Waals surface area (Å²) in [4.78, 5) is 16.7. The molecule has 1 aliphatic rings. The molecule has 4 aromatic rings. The molecule has 0 saturated carbocycles. The Labute approximate surface area is 185 Å². The Hall–Kier alpha value is -3.44. The zero-order valence-corrected chi connectivity index (χ0v) is 17.7. The summed E-state index contributed by atoms with van der Waals surface area (Å²) in [6.45, 7) is 2.71. The number of hydrogen-bond acceptors (Lipinski definition) is 4. The summed E-state index contributed by atoms with van der Waals surface area (Å²) >= 11 is 6.02. The molecule has 1 amide bonds. The highest BCUT2D eigenvalue weighted by Gasteiger charge is 2.23. The topological polar surface area (TPSA) is 49.3 Å². The molecule has 3 aromatic carbocycles. The molecule has 1 fully saturated rings. The quantitative estimate of drug-likeness (QED) is 0.465. The molecule has 0 atom stereocenters. The molecule has 1 aromatic heterocycles. The van der Waals surface area contributed by atoms with Gasteiger partial charge in [0.2, 0.25) is 0 Å². The molecule has 1 saturated heterocycles. The van der Waals surface area contributed by atoms with E-state index < -0.39 is 0 Å². The van der Waals surface area contributed by atoms with Gasteiger partial charge in [0.05, 0.1) is 5.69 Å². The molecule has 5 rings (SSSR count). The monoisotopic (exact) mass is 428 g/mol. The standard InChI is InChI=1S/C25H21ClN4O/c26-22-7-3-6-21(17-22)25(31)30-14-12-29(13-15-30)24-11-10-23(27-28-24)20-9-8-18-4-1-2-5-19(18)16-20/h1-11,16-17H,12-15H2. The first-order valence-corrected chi connectivity index (χ1v) is 10.7. The van der Waals surface area contributed by atoms with Gasteiger partial charge in [-0.1, -0.05) is 54.1 Å². The lowest BCUT2D eigenvalue weighted by Crippen LogP contribution is -2.49. The number of benzene rings is 3. The number of rotatable bonds is 3. The molecule has 0 aliphatic carbocycles. The number of amides is 1. The number of carbonyl (C=O) groups excluding carboxylic acids is 1. The summed E-state index contributed by atoms with van der Waals surface area (Å²) in [6.07, 6.45) is 0. The van der Waals surface area contributed by atoms with Gasteiger partial charge in [0.25, 0.3) is 5.91 Å². The highest BCUT2D eigenvalue weighted by molar-refractivity contribution is 6.30. The minimum atomic E-state index is 0.0138. The molecule has 154 valence electrons. The van der Waals surface area contributed by atoms with E-state index in [0.29, 0.717) is 23.7 Å². The molecule has 2 heterocycles. The second-order valence-electron chi connectivity index (χ2n) is 7.63. The lowest BCUT2D eigenvalue weighted by molar-refractivity contribution is 0.0746. The number of aromatic nitrogens is 2. The van der Waals surface area contributed by atoms with Crippen LogP contribution in [0.1, 0.15) is 10.4 Å². The summed E-state index contributed by atoms with van der Waals surface area (Å²) < 4.78 is 0. The third-order valence-corrected chi connectivity index (χ3v) is 5.89. The van der Waals surface area contributed by atoms with E-state index in [2.05, 4.69) is 45.4 Å². The fraction of sp³-hybridized carbons (Fsp3) is 0.160. The van der Waals surface area contributed by atoms with Crippen LogP contribution in [0.3, 0.4) is 0 Å². The smallest absolute Gasteiger partial charge is 0.254 e. The predicted molar refractivity (Wildman–Crippen MR) is 125 cm³/mol. The van der Waals surface area contributed by atoms with Gasteiger partial charge in [0.15, 0.2) is 5.82 Å². The van der Waals surface area contributed by atoms with Crippen molar-refractivity contribution in [3.05, 3.63) is 89.4 Å². The van der Waals surface area contributed by atoms with Crippen LogP contribution >= 0.6 is 11.6 Å². The van der Waals surface area contributed by atoms with Gasteiger partial charge in [-0.2, -0.15) is 0 Å². The van der Waals surface area contributed by atoms with Crippen LogP contribution in [0.15, 0.2) is 78.9 Å². The van der Waals surface area contributed by atoms with Gasteiger partial charge in [-0.05, 0) is 47.2 Å². The van der Waals surface area contributed by atoms with Gasteiger partial charge in [0.1, 0.15) is 0 Å². The first kappa shape index (κ1) is 19.5. The summed E-state index contributed by atoms with van der Waals surface area (Å²) in [6, 6.07) is 25.7. The molecule has 1 aliphatic heterocycles. The summed E-state index contributed by atoms with van der Waals surface area (Å²) in [5.41, 5.74) is 2.53. The molecule has 0 bridgehead atoms. The van der Waals surface area contributed by atoms with Crippen molar-refractivity contribution in [3.8, 4) is 11.3 Å². The number of anilines is 1. The molecular weight excluding hydrogens is 408 g/mol. The van der Waals surface area contributed by atoms with Crippen molar-refractivity contribution in [2.24, 2.45) is 0 Å². The minimum absolute atomic E-state index is 0.0138. The van der Waals surface area contributed by atoms with E-state index in [1.807, 2.05) is 29.2 Å². The van der Waals surface area contributed by atoms with E-state index in [0.717, 1.165) is 30.2 Å². The average molecular weight is 429 g/mol. The van der Waals surface area contributed by atoms with E-state index >= 15 is 0 Å². The number of halogens is 1. The molecule has 0 unspecified atom stereocenters. The minimum Gasteiger partial charge on any atom is -0.352 e. The fourth-order valence-corrected chi connectivity index (χ4v) is 4.13. The maximum Gasteiger partial charge on any atom is 0.254 e. The van der Waals surface area contributed by atoms with Crippen LogP contribution < -0.4 is 4.90 Å². The summed E-state index contributed by atoms with van der Waals surface area (Å²) in [7, 11) is 0. The molecular formula is C25H21ClN4O. The van der Waals surface area contributed by atoms with Crippen LogP contribution in [0.5, 0.6) is 0 Å². The van der Waals surface area contributed by atoms with Crippen LogP contribution in [0.2, 0.25) is 5.02 Å². The van der Waals surface area contributed by atoms with Gasteiger partial charge in [-0.25, -0.2) is 0 Å². The van der Waals surface area contributed by atoms with E-state index in [1.54, 1.807) is 24.3 Å². The van der Waals surface area contributed by atoms with Crippen LogP contribution in [-0.2, 0) is 0 Å². The average Bonchev–Trinajstić information content (AvgIpc) is 2.83. The molecule has 31 heavy (non-hydrogen) atoms. The van der Waals surface area contributed by atoms with Gasteiger partial charge >= 0.3 is 0 Å². The van der Waals surface area contributed by atoms with Gasteiger partial charge in [-0.3, -0.25) is 4.79 Å². The zero-order chi connectivity index (χ0) is 21.2. The third kappa shape index (κ3) is 4.09.